The second-order valence-electron chi connectivity index (χ2n) is 4.42. The van der Waals surface area contributed by atoms with Crippen molar-refractivity contribution in [2.45, 2.75) is 37.9 Å². The lowest BCUT2D eigenvalue weighted by molar-refractivity contribution is -0.132. The number of hydrogen-bond donors (Lipinski definition) is 2. The summed E-state index contributed by atoms with van der Waals surface area (Å²) in [5, 5.41) is 0. The summed E-state index contributed by atoms with van der Waals surface area (Å²) in [6.45, 7) is 2.91. The topological polar surface area (TPSA) is 110 Å². The molecule has 17 heavy (non-hydrogen) atoms. The van der Waals surface area contributed by atoms with E-state index in [9.17, 15) is 18.0 Å². The van der Waals surface area contributed by atoms with Gasteiger partial charge in [0.05, 0.1) is 0 Å². The van der Waals surface area contributed by atoms with Crippen LogP contribution in [0.3, 0.4) is 0 Å². The third-order valence-electron chi connectivity index (χ3n) is 2.85. The van der Waals surface area contributed by atoms with Crippen molar-refractivity contribution in [3.05, 3.63) is 0 Å². The van der Waals surface area contributed by atoms with Crippen molar-refractivity contribution in [1.82, 2.24) is 9.73 Å². The van der Waals surface area contributed by atoms with Crippen LogP contribution in [0.15, 0.2) is 0 Å². The smallest absolute Gasteiger partial charge is 0.258 e. The SMILES string of the molecule is CC1(C)C(=O)N(CCCCC(=O)NN)S1(=O)=O. The normalized spacial score (nSPS) is 20.9. The van der Waals surface area contributed by atoms with Crippen LogP contribution in [-0.4, -0.2) is 35.8 Å². The van der Waals surface area contributed by atoms with Crippen LogP contribution >= 0.6 is 0 Å². The Labute approximate surface area is 100 Å². The fraction of sp³-hybridized carbons (Fsp3) is 0.778. The number of sulfonamides is 1. The number of unbranched alkanes of at least 4 members (excludes halogenated alkanes) is 1. The van der Waals surface area contributed by atoms with E-state index in [2.05, 4.69) is 0 Å². The highest BCUT2D eigenvalue weighted by atomic mass is 32.2. The van der Waals surface area contributed by atoms with Crippen LogP contribution in [0.4, 0.5) is 0 Å². The molecule has 1 aliphatic rings. The van der Waals surface area contributed by atoms with Crippen molar-refractivity contribution in [3.8, 4) is 0 Å². The van der Waals surface area contributed by atoms with Gasteiger partial charge in [-0.2, -0.15) is 0 Å². The van der Waals surface area contributed by atoms with E-state index < -0.39 is 14.8 Å². The van der Waals surface area contributed by atoms with Gasteiger partial charge in [-0.15, -0.1) is 0 Å². The number of nitrogens with two attached hydrogens (primary N) is 1. The van der Waals surface area contributed by atoms with Gasteiger partial charge in [-0.05, 0) is 26.7 Å². The summed E-state index contributed by atoms with van der Waals surface area (Å²) in [6.07, 6.45) is 1.17. The molecule has 2 amide bonds. The number of nitrogens with zero attached hydrogens (tertiary/aromatic N) is 1. The molecule has 0 aromatic heterocycles. The highest BCUT2D eigenvalue weighted by Gasteiger charge is 2.59. The lowest BCUT2D eigenvalue weighted by Crippen LogP contribution is -2.67. The predicted molar refractivity (Wildman–Crippen MR) is 60.9 cm³/mol. The molecule has 1 fully saturated rings. The summed E-state index contributed by atoms with van der Waals surface area (Å²) >= 11 is 0. The summed E-state index contributed by atoms with van der Waals surface area (Å²) in [7, 11) is -3.50. The lowest BCUT2D eigenvalue weighted by Gasteiger charge is -2.43. The first kappa shape index (κ1) is 13.9. The largest absolute Gasteiger partial charge is 0.294 e. The van der Waals surface area contributed by atoms with E-state index in [1.165, 1.54) is 13.8 Å². The predicted octanol–water partition coefficient (Wildman–Crippen LogP) is -0.903. The van der Waals surface area contributed by atoms with Crippen LogP contribution in [0.25, 0.3) is 0 Å². The van der Waals surface area contributed by atoms with E-state index in [1.54, 1.807) is 0 Å². The van der Waals surface area contributed by atoms with E-state index in [-0.39, 0.29) is 24.8 Å². The summed E-state index contributed by atoms with van der Waals surface area (Å²) in [6, 6.07) is 0. The van der Waals surface area contributed by atoms with Gasteiger partial charge in [0.15, 0.2) is 4.75 Å². The maximum Gasteiger partial charge on any atom is 0.258 e. The average molecular weight is 263 g/mol. The van der Waals surface area contributed by atoms with Crippen LogP contribution in [0.5, 0.6) is 0 Å². The maximum absolute atomic E-state index is 11.7. The van der Waals surface area contributed by atoms with Crippen LogP contribution < -0.4 is 11.3 Å². The number of amides is 2. The molecule has 98 valence electrons. The van der Waals surface area contributed by atoms with Crippen LogP contribution in [-0.2, 0) is 19.6 Å². The zero-order chi connectivity index (χ0) is 13.3. The average Bonchev–Trinajstić information content (AvgIpc) is 2.27. The first-order chi connectivity index (χ1) is 7.75. The van der Waals surface area contributed by atoms with Gasteiger partial charge >= 0.3 is 0 Å². The van der Waals surface area contributed by atoms with Crippen molar-refractivity contribution in [2.24, 2.45) is 5.84 Å². The van der Waals surface area contributed by atoms with Crippen molar-refractivity contribution in [3.63, 3.8) is 0 Å². The molecule has 0 spiro atoms. The van der Waals surface area contributed by atoms with Gasteiger partial charge in [0.2, 0.25) is 5.91 Å². The molecule has 0 unspecified atom stereocenters. The second-order valence-corrected chi connectivity index (χ2v) is 6.83. The van der Waals surface area contributed by atoms with Gasteiger partial charge in [-0.25, -0.2) is 18.6 Å². The third-order valence-corrected chi connectivity index (χ3v) is 5.25. The molecular formula is C9H17N3O4S. The van der Waals surface area contributed by atoms with E-state index in [1.807, 2.05) is 5.43 Å². The molecule has 7 nitrogen and oxygen atoms in total. The second kappa shape index (κ2) is 4.61. The Hall–Kier alpha value is -1.15. The monoisotopic (exact) mass is 263 g/mol. The highest BCUT2D eigenvalue weighted by Crippen LogP contribution is 2.34. The minimum Gasteiger partial charge on any atom is -0.294 e. The molecule has 0 radical (unpaired) electrons. The molecule has 1 rings (SSSR count). The first-order valence-corrected chi connectivity index (χ1v) is 6.75. The molecule has 0 aromatic carbocycles. The molecule has 0 saturated carbocycles. The minimum atomic E-state index is -3.50. The quantitative estimate of drug-likeness (QED) is 0.289. The van der Waals surface area contributed by atoms with Gasteiger partial charge in [0.1, 0.15) is 0 Å². The molecule has 0 aliphatic carbocycles. The van der Waals surface area contributed by atoms with Gasteiger partial charge in [-0.3, -0.25) is 15.0 Å². The van der Waals surface area contributed by atoms with Crippen molar-refractivity contribution in [2.75, 3.05) is 6.54 Å². The Bertz CT molecular complexity index is 430. The van der Waals surface area contributed by atoms with Gasteiger partial charge < -0.3 is 0 Å². The molecule has 0 atom stereocenters. The van der Waals surface area contributed by atoms with Crippen molar-refractivity contribution in [1.29, 1.82) is 0 Å². The first-order valence-electron chi connectivity index (χ1n) is 5.31. The third kappa shape index (κ3) is 2.27. The molecule has 1 heterocycles. The fourth-order valence-corrected chi connectivity index (χ4v) is 3.16. The van der Waals surface area contributed by atoms with Crippen molar-refractivity contribution < 1.29 is 18.0 Å². The Morgan fingerprint density at radius 2 is 2.00 bits per heavy atom. The van der Waals surface area contributed by atoms with Crippen LogP contribution in [0.2, 0.25) is 0 Å². The Morgan fingerprint density at radius 3 is 2.47 bits per heavy atom. The van der Waals surface area contributed by atoms with E-state index in [0.717, 1.165) is 4.31 Å². The molecular weight excluding hydrogens is 246 g/mol. The van der Waals surface area contributed by atoms with Crippen LogP contribution in [0, 0.1) is 0 Å². The van der Waals surface area contributed by atoms with Crippen LogP contribution in [0.1, 0.15) is 33.1 Å². The van der Waals surface area contributed by atoms with E-state index in [4.69, 9.17) is 5.84 Å². The summed E-state index contributed by atoms with van der Waals surface area (Å²) < 4.78 is 22.9. The van der Waals surface area contributed by atoms with Gasteiger partial charge in [0, 0.05) is 13.0 Å². The zero-order valence-corrected chi connectivity index (χ0v) is 10.7. The van der Waals surface area contributed by atoms with E-state index >= 15 is 0 Å². The Balaban J connectivity index is 2.41. The molecule has 8 heteroatoms. The van der Waals surface area contributed by atoms with Crippen molar-refractivity contribution >= 4 is 21.8 Å². The number of rotatable bonds is 5. The molecule has 0 bridgehead atoms. The fourth-order valence-electron chi connectivity index (χ4n) is 1.59. The summed E-state index contributed by atoms with van der Waals surface area (Å²) in [5.41, 5.74) is 1.98. The van der Waals surface area contributed by atoms with E-state index in [0.29, 0.717) is 12.8 Å². The van der Waals surface area contributed by atoms with Gasteiger partial charge in [0.25, 0.3) is 15.9 Å². The lowest BCUT2D eigenvalue weighted by atomic mass is 10.1. The molecule has 0 aromatic rings. The minimum absolute atomic E-state index is 0.127. The highest BCUT2D eigenvalue weighted by molar-refractivity contribution is 7.94. The Kier molecular flexibility index (Phi) is 3.78. The number of nitrogens with one attached hydrogen (secondary N) is 1. The zero-order valence-electron chi connectivity index (χ0n) is 9.89. The number of hydrazine groups is 1. The summed E-state index contributed by atoms with van der Waals surface area (Å²) in [5.74, 6) is 4.20. The molecule has 1 saturated heterocycles. The molecule has 3 N–H and O–H groups in total. The number of carbonyl (C=O) groups excluding carboxylic acids is 2. The van der Waals surface area contributed by atoms with Gasteiger partial charge in [-0.1, -0.05) is 0 Å². The summed E-state index contributed by atoms with van der Waals surface area (Å²) in [4.78, 5) is 22.3. The standard InChI is InChI=1S/C9H17N3O4S/c1-9(2)8(14)12(17(9,15)16)6-4-3-5-7(13)11-10/h3-6,10H2,1-2H3,(H,11,13). The Morgan fingerprint density at radius 1 is 1.41 bits per heavy atom. The molecule has 1 aliphatic heterocycles. The maximum atomic E-state index is 11.7. The number of carbonyl (C=O) groups is 2. The number of hydrogen-bond acceptors (Lipinski definition) is 5.